The van der Waals surface area contributed by atoms with E-state index in [1.165, 1.54) is 25.7 Å². The topological polar surface area (TPSA) is 50.1 Å². The molecule has 0 aromatic rings. The second kappa shape index (κ2) is 3.91. The molecule has 60 valence electrons. The predicted molar refractivity (Wildman–Crippen MR) is 42.4 cm³/mol. The summed E-state index contributed by atoms with van der Waals surface area (Å²) in [6, 6.07) is 1.07. The van der Waals surface area contributed by atoms with Crippen molar-refractivity contribution in [2.45, 2.75) is 37.8 Å². The zero-order chi connectivity index (χ0) is 7.40. The maximum Gasteiger partial charge on any atom is 0.0363 e. The Balaban J connectivity index is 2.34. The highest BCUT2D eigenvalue weighted by Gasteiger charge is 2.21. The van der Waals surface area contributed by atoms with Crippen LogP contribution in [0.1, 0.15) is 25.7 Å². The Morgan fingerprint density at radius 2 is 1.80 bits per heavy atom. The van der Waals surface area contributed by atoms with Crippen LogP contribution >= 0.6 is 0 Å². The van der Waals surface area contributed by atoms with Gasteiger partial charge in [0, 0.05) is 12.1 Å². The second-order valence-corrected chi connectivity index (χ2v) is 2.95. The molecule has 3 nitrogen and oxygen atoms in total. The molecule has 0 unspecified atom stereocenters. The monoisotopic (exact) mass is 143 g/mol. The van der Waals surface area contributed by atoms with Crippen LogP contribution in [0.25, 0.3) is 0 Å². The van der Waals surface area contributed by atoms with E-state index in [4.69, 9.17) is 5.84 Å². The molecule has 3 heteroatoms. The third-order valence-corrected chi connectivity index (χ3v) is 2.35. The van der Waals surface area contributed by atoms with Crippen LogP contribution in [0.15, 0.2) is 0 Å². The Morgan fingerprint density at radius 1 is 1.20 bits per heavy atom. The Hall–Kier alpha value is -0.120. The summed E-state index contributed by atoms with van der Waals surface area (Å²) in [7, 11) is 2.00. The lowest BCUT2D eigenvalue weighted by Crippen LogP contribution is -2.51. The van der Waals surface area contributed by atoms with E-state index in [-0.39, 0.29) is 0 Å². The molecule has 0 radical (unpaired) electrons. The van der Waals surface area contributed by atoms with Gasteiger partial charge in [0.15, 0.2) is 0 Å². The van der Waals surface area contributed by atoms with Crippen molar-refractivity contribution in [2.24, 2.45) is 5.84 Å². The van der Waals surface area contributed by atoms with Crippen molar-refractivity contribution in [3.05, 3.63) is 0 Å². The summed E-state index contributed by atoms with van der Waals surface area (Å²) in [6.45, 7) is 0. The van der Waals surface area contributed by atoms with Crippen LogP contribution in [0.3, 0.4) is 0 Å². The number of nitrogens with two attached hydrogens (primary N) is 1. The van der Waals surface area contributed by atoms with E-state index in [0.29, 0.717) is 12.1 Å². The summed E-state index contributed by atoms with van der Waals surface area (Å²) < 4.78 is 0. The van der Waals surface area contributed by atoms with Gasteiger partial charge in [-0.05, 0) is 19.9 Å². The highest BCUT2D eigenvalue weighted by Crippen LogP contribution is 2.17. The van der Waals surface area contributed by atoms with Crippen molar-refractivity contribution >= 4 is 0 Å². The molecule has 1 rings (SSSR count). The minimum atomic E-state index is 0.485. The molecule has 0 aromatic heterocycles. The van der Waals surface area contributed by atoms with Crippen molar-refractivity contribution in [1.29, 1.82) is 0 Å². The largest absolute Gasteiger partial charge is 0.315 e. The number of rotatable bonds is 2. The summed E-state index contributed by atoms with van der Waals surface area (Å²) in [5, 5.41) is 3.26. The van der Waals surface area contributed by atoms with Crippen LogP contribution in [0, 0.1) is 0 Å². The Labute approximate surface area is 62.3 Å². The van der Waals surface area contributed by atoms with Gasteiger partial charge in [-0.15, -0.1) is 0 Å². The molecule has 1 aliphatic carbocycles. The summed E-state index contributed by atoms with van der Waals surface area (Å²) >= 11 is 0. The van der Waals surface area contributed by atoms with Gasteiger partial charge in [0.1, 0.15) is 0 Å². The number of likely N-dealkylation sites (N-methyl/N-ethyl adjacent to an activating group) is 1. The van der Waals surface area contributed by atoms with E-state index in [2.05, 4.69) is 10.7 Å². The van der Waals surface area contributed by atoms with Crippen LogP contribution in [0.2, 0.25) is 0 Å². The highest BCUT2D eigenvalue weighted by atomic mass is 15.2. The smallest absolute Gasteiger partial charge is 0.0363 e. The third-order valence-electron chi connectivity index (χ3n) is 2.35. The summed E-state index contributed by atoms with van der Waals surface area (Å²) in [4.78, 5) is 0. The van der Waals surface area contributed by atoms with Crippen molar-refractivity contribution in [3.8, 4) is 0 Å². The standard InChI is InChI=1S/C7H17N3/c1-9-6-4-2-3-5-7(6)10-8/h6-7,9-10H,2-5,8H2,1H3/t6-,7-/m1/s1. The summed E-state index contributed by atoms with van der Waals surface area (Å²) in [6.07, 6.45) is 5.12. The van der Waals surface area contributed by atoms with Crippen molar-refractivity contribution in [1.82, 2.24) is 10.7 Å². The molecule has 0 aliphatic heterocycles. The maximum atomic E-state index is 5.38. The quantitative estimate of drug-likeness (QED) is 0.376. The molecular formula is C7H17N3. The van der Waals surface area contributed by atoms with E-state index >= 15 is 0 Å². The van der Waals surface area contributed by atoms with Gasteiger partial charge in [-0.3, -0.25) is 11.3 Å². The lowest BCUT2D eigenvalue weighted by atomic mass is 9.91. The third kappa shape index (κ3) is 1.68. The van der Waals surface area contributed by atoms with Gasteiger partial charge in [0.05, 0.1) is 0 Å². The molecule has 0 heterocycles. The van der Waals surface area contributed by atoms with Gasteiger partial charge in [0.25, 0.3) is 0 Å². The SMILES string of the molecule is CN[C@@H]1CCCC[C@H]1NN. The first-order chi connectivity index (χ1) is 4.88. The Morgan fingerprint density at radius 3 is 2.20 bits per heavy atom. The second-order valence-electron chi connectivity index (χ2n) is 2.95. The van der Waals surface area contributed by atoms with E-state index in [9.17, 15) is 0 Å². The van der Waals surface area contributed by atoms with Gasteiger partial charge < -0.3 is 5.32 Å². The van der Waals surface area contributed by atoms with Crippen LogP contribution in [0.4, 0.5) is 0 Å². The van der Waals surface area contributed by atoms with Crippen molar-refractivity contribution in [3.63, 3.8) is 0 Å². The van der Waals surface area contributed by atoms with Gasteiger partial charge in [-0.1, -0.05) is 12.8 Å². The molecule has 1 fully saturated rings. The normalized spacial score (nSPS) is 34.2. The van der Waals surface area contributed by atoms with Crippen LogP contribution in [0.5, 0.6) is 0 Å². The number of nitrogens with one attached hydrogen (secondary N) is 2. The van der Waals surface area contributed by atoms with Gasteiger partial charge in [0.2, 0.25) is 0 Å². The molecule has 0 amide bonds. The fourth-order valence-corrected chi connectivity index (χ4v) is 1.68. The van der Waals surface area contributed by atoms with Gasteiger partial charge >= 0.3 is 0 Å². The Bertz CT molecular complexity index is 82.9. The molecular weight excluding hydrogens is 126 g/mol. The number of hydrazine groups is 1. The molecule has 0 bridgehead atoms. The summed E-state index contributed by atoms with van der Waals surface area (Å²) in [5.41, 5.74) is 2.84. The molecule has 0 spiro atoms. The van der Waals surface area contributed by atoms with Gasteiger partial charge in [-0.2, -0.15) is 0 Å². The van der Waals surface area contributed by atoms with Crippen LogP contribution in [-0.4, -0.2) is 19.1 Å². The number of hydrogen-bond donors (Lipinski definition) is 3. The fourth-order valence-electron chi connectivity index (χ4n) is 1.68. The zero-order valence-corrected chi connectivity index (χ0v) is 6.56. The summed E-state index contributed by atoms with van der Waals surface area (Å²) in [5.74, 6) is 5.38. The van der Waals surface area contributed by atoms with Crippen LogP contribution in [-0.2, 0) is 0 Å². The molecule has 1 aliphatic rings. The van der Waals surface area contributed by atoms with E-state index in [1.807, 2.05) is 7.05 Å². The lowest BCUT2D eigenvalue weighted by Gasteiger charge is -2.30. The first kappa shape index (κ1) is 7.98. The van der Waals surface area contributed by atoms with E-state index < -0.39 is 0 Å². The molecule has 0 aromatic carbocycles. The molecule has 10 heavy (non-hydrogen) atoms. The fraction of sp³-hybridized carbons (Fsp3) is 1.00. The molecule has 2 atom stereocenters. The van der Waals surface area contributed by atoms with Crippen molar-refractivity contribution < 1.29 is 0 Å². The average Bonchev–Trinajstić information content (AvgIpc) is 2.04. The van der Waals surface area contributed by atoms with E-state index in [0.717, 1.165) is 0 Å². The zero-order valence-electron chi connectivity index (χ0n) is 6.56. The molecule has 1 saturated carbocycles. The highest BCUT2D eigenvalue weighted by molar-refractivity contribution is 4.83. The first-order valence-electron chi connectivity index (χ1n) is 4.02. The Kier molecular flexibility index (Phi) is 3.12. The molecule has 0 saturated heterocycles. The van der Waals surface area contributed by atoms with E-state index in [1.54, 1.807) is 0 Å². The predicted octanol–water partition coefficient (Wildman–Crippen LogP) is -0.0197. The minimum Gasteiger partial charge on any atom is -0.315 e. The van der Waals surface area contributed by atoms with Crippen molar-refractivity contribution in [2.75, 3.05) is 7.05 Å². The lowest BCUT2D eigenvalue weighted by molar-refractivity contribution is 0.299. The average molecular weight is 143 g/mol. The minimum absolute atomic E-state index is 0.485. The number of hydrogen-bond acceptors (Lipinski definition) is 3. The van der Waals surface area contributed by atoms with Crippen LogP contribution < -0.4 is 16.6 Å². The molecule has 4 N–H and O–H groups in total. The van der Waals surface area contributed by atoms with Gasteiger partial charge in [-0.25, -0.2) is 0 Å². The first-order valence-corrected chi connectivity index (χ1v) is 4.02. The maximum absolute atomic E-state index is 5.38.